The molecule has 0 aliphatic carbocycles. The predicted molar refractivity (Wildman–Crippen MR) is 253 cm³/mol. The number of hydrogen-bond acceptors (Lipinski definition) is 6. The minimum Gasteiger partial charge on any atom is -0.466 e. The highest BCUT2D eigenvalue weighted by molar-refractivity contribution is 5.69. The highest BCUT2D eigenvalue weighted by Gasteiger charge is 2.08. The van der Waals surface area contributed by atoms with Gasteiger partial charge in [-0.3, -0.25) is 9.59 Å². The second-order valence-electron chi connectivity index (χ2n) is 16.9. The third-order valence-corrected chi connectivity index (χ3v) is 10.8. The molecule has 0 N–H and O–H groups in total. The summed E-state index contributed by atoms with van der Waals surface area (Å²) in [4.78, 5) is 29.3. The average molecular weight is 813 g/mol. The lowest BCUT2D eigenvalue weighted by Crippen LogP contribution is -2.33. The van der Waals surface area contributed by atoms with Crippen LogP contribution < -0.4 is 0 Å². The Bertz CT molecular complexity index is 916. The largest absolute Gasteiger partial charge is 0.466 e. The highest BCUT2D eigenvalue weighted by atomic mass is 16.5. The van der Waals surface area contributed by atoms with Crippen LogP contribution in [0.1, 0.15) is 219 Å². The summed E-state index contributed by atoms with van der Waals surface area (Å²) in [6.07, 6.45) is 55.0. The van der Waals surface area contributed by atoms with Crippen LogP contribution in [0.25, 0.3) is 0 Å². The third kappa shape index (κ3) is 46.5. The Morgan fingerprint density at radius 3 is 1.10 bits per heavy atom. The number of nitrogens with zero attached hydrogens (tertiary/aromatic N) is 2. The smallest absolute Gasteiger partial charge is 0.305 e. The molecule has 0 saturated carbocycles. The monoisotopic (exact) mass is 813 g/mol. The first kappa shape index (κ1) is 55.8. The molecule has 0 aliphatic rings. The molecular weight excluding hydrogens is 717 g/mol. The highest BCUT2D eigenvalue weighted by Crippen LogP contribution is 2.12. The van der Waals surface area contributed by atoms with E-state index in [1.165, 1.54) is 116 Å². The van der Waals surface area contributed by atoms with Crippen LogP contribution >= 0.6 is 0 Å². The Hall–Kier alpha value is -2.18. The van der Waals surface area contributed by atoms with Gasteiger partial charge in [-0.15, -0.1) is 0 Å². The fraction of sp³-hybridized carbons (Fsp3) is 0.808. The van der Waals surface area contributed by atoms with E-state index in [1.807, 2.05) is 0 Å². The maximum absolute atomic E-state index is 12.2. The van der Waals surface area contributed by atoms with Gasteiger partial charge in [0.05, 0.1) is 13.2 Å². The molecule has 0 unspecified atom stereocenters. The summed E-state index contributed by atoms with van der Waals surface area (Å²) in [5.41, 5.74) is 0. The van der Waals surface area contributed by atoms with Crippen LogP contribution in [0, 0.1) is 0 Å². The van der Waals surface area contributed by atoms with Crippen molar-refractivity contribution in [2.45, 2.75) is 219 Å². The van der Waals surface area contributed by atoms with Crippen molar-refractivity contribution in [3.63, 3.8) is 0 Å². The van der Waals surface area contributed by atoms with Gasteiger partial charge in [0.25, 0.3) is 0 Å². The number of unbranched alkanes of at least 4 members (excludes halogenated alkanes) is 22. The second kappa shape index (κ2) is 47.5. The van der Waals surface area contributed by atoms with E-state index in [-0.39, 0.29) is 11.9 Å². The lowest BCUT2D eigenvalue weighted by Gasteiger charge is -2.24. The zero-order chi connectivity index (χ0) is 42.3. The minimum atomic E-state index is -0.0351. The summed E-state index contributed by atoms with van der Waals surface area (Å²) in [7, 11) is 4.25. The molecule has 0 radical (unpaired) electrons. The number of likely N-dealkylation sites (N-methyl/N-ethyl adjacent to an activating group) is 1. The van der Waals surface area contributed by atoms with E-state index >= 15 is 0 Å². The van der Waals surface area contributed by atoms with E-state index in [4.69, 9.17) is 9.47 Å². The maximum atomic E-state index is 12.2. The van der Waals surface area contributed by atoms with E-state index in [0.717, 1.165) is 103 Å². The molecular formula is C52H96N2O4. The van der Waals surface area contributed by atoms with E-state index in [0.29, 0.717) is 26.1 Å². The molecule has 0 atom stereocenters. The van der Waals surface area contributed by atoms with Crippen molar-refractivity contribution in [1.82, 2.24) is 9.80 Å². The van der Waals surface area contributed by atoms with Gasteiger partial charge in [0.15, 0.2) is 0 Å². The Labute approximate surface area is 361 Å². The maximum Gasteiger partial charge on any atom is 0.305 e. The molecule has 0 fully saturated rings. The Morgan fingerprint density at radius 2 is 0.724 bits per heavy atom. The molecule has 0 saturated heterocycles. The van der Waals surface area contributed by atoms with Crippen LogP contribution in [0.3, 0.4) is 0 Å². The molecule has 338 valence electrons. The normalized spacial score (nSPS) is 12.2. The van der Waals surface area contributed by atoms with Crippen LogP contribution in [0.5, 0.6) is 0 Å². The van der Waals surface area contributed by atoms with Crippen LogP contribution in [0.15, 0.2) is 48.6 Å². The molecule has 0 spiro atoms. The van der Waals surface area contributed by atoms with E-state index in [1.54, 1.807) is 0 Å². The molecule has 0 aromatic heterocycles. The number of allylic oxidation sites excluding steroid dienone is 8. The lowest BCUT2D eigenvalue weighted by atomic mass is 10.1. The summed E-state index contributed by atoms with van der Waals surface area (Å²) < 4.78 is 11.0. The fourth-order valence-corrected chi connectivity index (χ4v) is 6.94. The van der Waals surface area contributed by atoms with Crippen molar-refractivity contribution in [2.24, 2.45) is 0 Å². The van der Waals surface area contributed by atoms with Gasteiger partial charge in [-0.2, -0.15) is 0 Å². The van der Waals surface area contributed by atoms with Crippen molar-refractivity contribution in [2.75, 3.05) is 53.5 Å². The van der Waals surface area contributed by atoms with Gasteiger partial charge in [0, 0.05) is 25.9 Å². The molecule has 0 rings (SSSR count). The molecule has 0 aromatic rings. The lowest BCUT2D eigenvalue weighted by molar-refractivity contribution is -0.144. The first-order valence-electron chi connectivity index (χ1n) is 24.8. The minimum absolute atomic E-state index is 0.0351. The van der Waals surface area contributed by atoms with Crippen LogP contribution in [-0.4, -0.2) is 75.2 Å². The number of carbonyl (C=O) groups is 2. The van der Waals surface area contributed by atoms with Crippen molar-refractivity contribution < 1.29 is 19.1 Å². The zero-order valence-electron chi connectivity index (χ0n) is 39.0. The van der Waals surface area contributed by atoms with Crippen LogP contribution in [0.4, 0.5) is 0 Å². The molecule has 6 heteroatoms. The molecule has 0 aliphatic heterocycles. The fourth-order valence-electron chi connectivity index (χ4n) is 6.94. The van der Waals surface area contributed by atoms with E-state index in [2.05, 4.69) is 86.4 Å². The molecule has 6 nitrogen and oxygen atoms in total. The van der Waals surface area contributed by atoms with Crippen molar-refractivity contribution in [3.05, 3.63) is 48.6 Å². The first-order chi connectivity index (χ1) is 28.5. The summed E-state index contributed by atoms with van der Waals surface area (Å²) in [5, 5.41) is 0. The third-order valence-electron chi connectivity index (χ3n) is 10.8. The van der Waals surface area contributed by atoms with Gasteiger partial charge in [0.1, 0.15) is 0 Å². The van der Waals surface area contributed by atoms with Crippen LogP contribution in [-0.2, 0) is 19.1 Å². The predicted octanol–water partition coefficient (Wildman–Crippen LogP) is 14.7. The van der Waals surface area contributed by atoms with E-state index in [9.17, 15) is 9.59 Å². The second-order valence-corrected chi connectivity index (χ2v) is 16.9. The zero-order valence-corrected chi connectivity index (χ0v) is 39.0. The van der Waals surface area contributed by atoms with Gasteiger partial charge in [-0.1, -0.05) is 152 Å². The van der Waals surface area contributed by atoms with Gasteiger partial charge in [-0.05, 0) is 130 Å². The summed E-state index contributed by atoms with van der Waals surface area (Å²) in [6.45, 7) is 9.87. The average Bonchev–Trinajstić information content (AvgIpc) is 3.21. The molecule has 0 bridgehead atoms. The molecule has 58 heavy (non-hydrogen) atoms. The summed E-state index contributed by atoms with van der Waals surface area (Å²) in [5.74, 6) is -0.0702. The Kier molecular flexibility index (Phi) is 45.7. The number of esters is 2. The van der Waals surface area contributed by atoms with Crippen LogP contribution in [0.2, 0.25) is 0 Å². The molecule has 0 amide bonds. The summed E-state index contributed by atoms with van der Waals surface area (Å²) in [6, 6.07) is 0. The van der Waals surface area contributed by atoms with Crippen molar-refractivity contribution >= 4 is 11.9 Å². The number of hydrogen-bond donors (Lipinski definition) is 0. The topological polar surface area (TPSA) is 59.1 Å². The van der Waals surface area contributed by atoms with Gasteiger partial charge >= 0.3 is 11.9 Å². The standard InChI is InChI=1S/C52H96N2O4/c1-5-7-9-11-13-15-17-19-21-23-25-27-29-31-33-41-49-57-51(55)43-37-35-39-45-54(48-47-53(3)4)46-40-36-38-44-52(56)58-50-42-34-32-30-28-26-24-22-20-18-16-14-12-10-8-6-2/h13-16,19-22H,5-12,17-18,23-50H2,1-4H3. The van der Waals surface area contributed by atoms with Gasteiger partial charge in [-0.25, -0.2) is 0 Å². The molecule has 0 heterocycles. The quantitative estimate of drug-likeness (QED) is 0.0347. The Morgan fingerprint density at radius 1 is 0.379 bits per heavy atom. The van der Waals surface area contributed by atoms with E-state index < -0.39 is 0 Å². The molecule has 0 aromatic carbocycles. The van der Waals surface area contributed by atoms with Crippen molar-refractivity contribution in [3.8, 4) is 0 Å². The Balaban J connectivity index is 3.73. The summed E-state index contributed by atoms with van der Waals surface area (Å²) >= 11 is 0. The first-order valence-corrected chi connectivity index (χ1v) is 24.8. The van der Waals surface area contributed by atoms with Gasteiger partial charge in [0.2, 0.25) is 0 Å². The number of rotatable bonds is 45. The van der Waals surface area contributed by atoms with Crippen molar-refractivity contribution in [1.29, 1.82) is 0 Å². The SMILES string of the molecule is CCCCCC=CCC=CCCCCCCCCOC(=O)CCCCCN(CCCCCC(=O)OCCCCCCCCC=CCC=CCCCCC)CCN(C)C. The number of carbonyl (C=O) groups excluding carboxylic acids is 2. The van der Waals surface area contributed by atoms with Gasteiger partial charge < -0.3 is 19.3 Å². The number of ether oxygens (including phenoxy) is 2.